The van der Waals surface area contributed by atoms with Crippen LogP contribution in [0, 0.1) is 0 Å². The first-order valence-electron chi connectivity index (χ1n) is 13.7. The van der Waals surface area contributed by atoms with Crippen molar-refractivity contribution in [3.8, 4) is 28.6 Å². The zero-order valence-electron chi connectivity index (χ0n) is 22.9. The van der Waals surface area contributed by atoms with Crippen molar-refractivity contribution in [1.29, 1.82) is 0 Å². The molecule has 1 saturated heterocycles. The number of aromatic nitrogens is 3. The molecule has 2 heterocycles. The second kappa shape index (κ2) is 12.4. The highest BCUT2D eigenvalue weighted by atomic mass is 16.3. The number of likely N-dealkylation sites (tertiary alicyclic amines) is 1. The highest BCUT2D eigenvalue weighted by Crippen LogP contribution is 2.38. The number of likely N-dealkylation sites (N-methyl/N-ethyl adjacent to an activating group) is 1. The summed E-state index contributed by atoms with van der Waals surface area (Å²) in [6, 6.07) is 11.1. The monoisotopic (exact) mass is 520 g/mol. The first-order chi connectivity index (χ1) is 18.3. The van der Waals surface area contributed by atoms with Crippen LogP contribution in [0.1, 0.15) is 68.2 Å². The molecule has 9 heteroatoms. The predicted molar refractivity (Wildman–Crippen MR) is 149 cm³/mol. The standard InChI is InChI=1S/C29H40N6O3/c1-5-33(6-2)16-13-30-29(38)28-32-31-27(24-17-23(20(3)4)25(36)18-26(24)37)35(28)22-11-9-21(10-12-22)19-34-14-7-8-15-34/h9-12,17-18,20,36-37H,5-8,13-16,19H2,1-4H3,(H,30,38). The van der Waals surface area contributed by atoms with Crippen LogP contribution in [0.4, 0.5) is 0 Å². The van der Waals surface area contributed by atoms with E-state index in [1.807, 2.05) is 26.0 Å². The Hall–Kier alpha value is -3.43. The van der Waals surface area contributed by atoms with Crippen LogP contribution in [-0.4, -0.2) is 80.0 Å². The fraction of sp³-hybridized carbons (Fsp3) is 0.483. The van der Waals surface area contributed by atoms with Crippen molar-refractivity contribution in [3.63, 3.8) is 0 Å². The van der Waals surface area contributed by atoms with Crippen molar-refractivity contribution in [3.05, 3.63) is 53.3 Å². The van der Waals surface area contributed by atoms with Crippen molar-refractivity contribution < 1.29 is 15.0 Å². The summed E-state index contributed by atoms with van der Waals surface area (Å²) in [4.78, 5) is 18.0. The maximum Gasteiger partial charge on any atom is 0.289 e. The molecule has 9 nitrogen and oxygen atoms in total. The van der Waals surface area contributed by atoms with Gasteiger partial charge in [0, 0.05) is 31.4 Å². The van der Waals surface area contributed by atoms with Crippen LogP contribution < -0.4 is 5.32 Å². The molecule has 3 N–H and O–H groups in total. The van der Waals surface area contributed by atoms with Crippen LogP contribution >= 0.6 is 0 Å². The van der Waals surface area contributed by atoms with Crippen molar-refractivity contribution >= 4 is 5.91 Å². The number of nitrogens with one attached hydrogen (secondary N) is 1. The molecule has 1 aliphatic heterocycles. The molecule has 2 aromatic carbocycles. The molecule has 0 spiro atoms. The number of rotatable bonds is 11. The average molecular weight is 521 g/mol. The Kier molecular flexibility index (Phi) is 9.01. The Bertz CT molecular complexity index is 1230. The van der Waals surface area contributed by atoms with Gasteiger partial charge in [0.25, 0.3) is 5.91 Å². The molecule has 0 radical (unpaired) electrons. The van der Waals surface area contributed by atoms with E-state index < -0.39 is 0 Å². The second-order valence-electron chi connectivity index (χ2n) is 10.2. The maximum absolute atomic E-state index is 13.3. The van der Waals surface area contributed by atoms with E-state index in [1.54, 1.807) is 10.6 Å². The Balaban J connectivity index is 1.71. The van der Waals surface area contributed by atoms with Gasteiger partial charge in [-0.2, -0.15) is 0 Å². The van der Waals surface area contributed by atoms with Crippen LogP contribution in [0.3, 0.4) is 0 Å². The summed E-state index contributed by atoms with van der Waals surface area (Å²) >= 11 is 0. The van der Waals surface area contributed by atoms with Gasteiger partial charge in [0.1, 0.15) is 11.5 Å². The number of hydrogen-bond donors (Lipinski definition) is 3. The second-order valence-corrected chi connectivity index (χ2v) is 10.2. The lowest BCUT2D eigenvalue weighted by Crippen LogP contribution is -2.35. The van der Waals surface area contributed by atoms with Gasteiger partial charge < -0.3 is 20.4 Å². The van der Waals surface area contributed by atoms with Gasteiger partial charge in [0.05, 0.1) is 5.56 Å². The summed E-state index contributed by atoms with van der Waals surface area (Å²) in [6.07, 6.45) is 2.48. The predicted octanol–water partition coefficient (Wildman–Crippen LogP) is 4.14. The molecule has 38 heavy (non-hydrogen) atoms. The van der Waals surface area contributed by atoms with E-state index in [-0.39, 0.29) is 29.1 Å². The van der Waals surface area contributed by atoms with Gasteiger partial charge in [-0.1, -0.05) is 39.8 Å². The molecule has 204 valence electrons. The van der Waals surface area contributed by atoms with Crippen LogP contribution in [0.2, 0.25) is 0 Å². The molecule has 0 aliphatic carbocycles. The Morgan fingerprint density at radius 2 is 1.71 bits per heavy atom. The largest absolute Gasteiger partial charge is 0.508 e. The molecule has 0 atom stereocenters. The lowest BCUT2D eigenvalue weighted by atomic mass is 9.98. The van der Waals surface area contributed by atoms with E-state index >= 15 is 0 Å². The molecule has 1 fully saturated rings. The minimum Gasteiger partial charge on any atom is -0.508 e. The smallest absolute Gasteiger partial charge is 0.289 e. The number of nitrogens with zero attached hydrogens (tertiary/aromatic N) is 5. The van der Waals surface area contributed by atoms with Crippen molar-refractivity contribution in [1.82, 2.24) is 29.9 Å². The third-order valence-electron chi connectivity index (χ3n) is 7.28. The van der Waals surface area contributed by atoms with Gasteiger partial charge in [-0.3, -0.25) is 14.3 Å². The molecule has 1 aliphatic rings. The Labute approximate surface area is 225 Å². The number of carbonyl (C=O) groups is 1. The molecule has 4 rings (SSSR count). The number of phenolic OH excluding ortho intramolecular Hbond substituents is 2. The van der Waals surface area contributed by atoms with E-state index in [0.29, 0.717) is 23.5 Å². The fourth-order valence-corrected chi connectivity index (χ4v) is 4.98. The van der Waals surface area contributed by atoms with Crippen molar-refractivity contribution in [2.75, 3.05) is 39.3 Å². The summed E-state index contributed by atoms with van der Waals surface area (Å²) in [5.74, 6) is 0.0708. The van der Waals surface area contributed by atoms with Gasteiger partial charge >= 0.3 is 0 Å². The lowest BCUT2D eigenvalue weighted by molar-refractivity contribution is 0.0936. The Morgan fingerprint density at radius 1 is 1.03 bits per heavy atom. The normalized spacial score (nSPS) is 14.1. The molecule has 3 aromatic rings. The minimum absolute atomic E-state index is 0.0212. The molecule has 0 unspecified atom stereocenters. The van der Waals surface area contributed by atoms with Gasteiger partial charge in [-0.15, -0.1) is 10.2 Å². The molecule has 1 aromatic heterocycles. The minimum atomic E-state index is -0.334. The number of phenols is 2. The lowest BCUT2D eigenvalue weighted by Gasteiger charge is -2.18. The third kappa shape index (κ3) is 6.16. The van der Waals surface area contributed by atoms with Gasteiger partial charge in [0.2, 0.25) is 5.82 Å². The van der Waals surface area contributed by atoms with Crippen LogP contribution in [0.15, 0.2) is 36.4 Å². The maximum atomic E-state index is 13.3. The summed E-state index contributed by atoms with van der Waals surface area (Å²) in [6.45, 7) is 14.3. The van der Waals surface area contributed by atoms with E-state index in [9.17, 15) is 15.0 Å². The number of amides is 1. The van der Waals surface area contributed by atoms with E-state index in [2.05, 4.69) is 51.3 Å². The molecule has 1 amide bonds. The summed E-state index contributed by atoms with van der Waals surface area (Å²) in [5.41, 5.74) is 3.01. The number of hydrogen-bond acceptors (Lipinski definition) is 7. The highest BCUT2D eigenvalue weighted by Gasteiger charge is 2.24. The van der Waals surface area contributed by atoms with Crippen molar-refractivity contribution in [2.45, 2.75) is 53.0 Å². The fourth-order valence-electron chi connectivity index (χ4n) is 4.98. The Morgan fingerprint density at radius 3 is 2.34 bits per heavy atom. The first kappa shape index (κ1) is 27.6. The number of carbonyl (C=O) groups excluding carboxylic acids is 1. The molecular formula is C29H40N6O3. The highest BCUT2D eigenvalue weighted by molar-refractivity contribution is 5.92. The molecular weight excluding hydrogens is 480 g/mol. The van der Waals surface area contributed by atoms with Crippen LogP contribution in [0.5, 0.6) is 11.5 Å². The number of benzene rings is 2. The quantitative estimate of drug-likeness (QED) is 0.349. The SMILES string of the molecule is CCN(CC)CCNC(=O)c1nnc(-c2cc(C(C)C)c(O)cc2O)n1-c1ccc(CN2CCCC2)cc1. The average Bonchev–Trinajstić information content (AvgIpc) is 3.57. The van der Waals surface area contributed by atoms with E-state index in [0.717, 1.165) is 45.0 Å². The summed E-state index contributed by atoms with van der Waals surface area (Å²) in [5, 5.41) is 32.7. The third-order valence-corrected chi connectivity index (χ3v) is 7.28. The van der Waals surface area contributed by atoms with E-state index in [4.69, 9.17) is 0 Å². The topological polar surface area (TPSA) is 107 Å². The van der Waals surface area contributed by atoms with Crippen LogP contribution in [-0.2, 0) is 6.54 Å². The zero-order valence-corrected chi connectivity index (χ0v) is 22.9. The number of aromatic hydroxyl groups is 2. The van der Waals surface area contributed by atoms with Crippen molar-refractivity contribution in [2.24, 2.45) is 0 Å². The van der Waals surface area contributed by atoms with Gasteiger partial charge in [-0.25, -0.2) is 0 Å². The van der Waals surface area contributed by atoms with Crippen LogP contribution in [0.25, 0.3) is 17.1 Å². The molecule has 0 saturated carbocycles. The van der Waals surface area contributed by atoms with Gasteiger partial charge in [0.15, 0.2) is 5.82 Å². The van der Waals surface area contributed by atoms with Gasteiger partial charge in [-0.05, 0) is 74.3 Å². The zero-order chi connectivity index (χ0) is 27.2. The van der Waals surface area contributed by atoms with E-state index in [1.165, 1.54) is 24.5 Å². The summed E-state index contributed by atoms with van der Waals surface area (Å²) in [7, 11) is 0. The first-order valence-corrected chi connectivity index (χ1v) is 13.7. The summed E-state index contributed by atoms with van der Waals surface area (Å²) < 4.78 is 1.68. The molecule has 0 bridgehead atoms.